The molecule has 0 spiro atoms. The van der Waals surface area contributed by atoms with Gasteiger partial charge in [0.1, 0.15) is 5.75 Å². The number of ether oxygens (including phenoxy) is 1. The Bertz CT molecular complexity index is 912. The predicted molar refractivity (Wildman–Crippen MR) is 108 cm³/mol. The van der Waals surface area contributed by atoms with Crippen molar-refractivity contribution in [2.75, 3.05) is 20.7 Å². The second-order valence-corrected chi connectivity index (χ2v) is 7.36. The van der Waals surface area contributed by atoms with Crippen LogP contribution in [0.15, 0.2) is 42.6 Å². The number of methoxy groups -OCH3 is 1. The van der Waals surface area contributed by atoms with E-state index in [9.17, 15) is 0 Å². The molecule has 3 aromatic rings. The fourth-order valence-corrected chi connectivity index (χ4v) is 4.38. The van der Waals surface area contributed by atoms with Crippen LogP contribution in [0, 0.1) is 0 Å². The van der Waals surface area contributed by atoms with Gasteiger partial charge in [0, 0.05) is 29.7 Å². The highest BCUT2D eigenvalue weighted by molar-refractivity contribution is 5.83. The highest BCUT2D eigenvalue weighted by Crippen LogP contribution is 2.36. The highest BCUT2D eigenvalue weighted by Gasteiger charge is 2.26. The van der Waals surface area contributed by atoms with Crippen LogP contribution < -0.4 is 4.74 Å². The summed E-state index contributed by atoms with van der Waals surface area (Å²) in [6.45, 7) is 3.32. The number of H-pyrrole nitrogens is 1. The van der Waals surface area contributed by atoms with Crippen LogP contribution in [0.4, 0.5) is 0 Å². The largest absolute Gasteiger partial charge is 0.496 e. The molecule has 0 saturated heterocycles. The quantitative estimate of drug-likeness (QED) is 0.710. The monoisotopic (exact) mass is 348 g/mol. The van der Waals surface area contributed by atoms with Crippen LogP contribution in [0.2, 0.25) is 0 Å². The molecule has 1 aliphatic rings. The highest BCUT2D eigenvalue weighted by atomic mass is 16.5. The van der Waals surface area contributed by atoms with E-state index >= 15 is 0 Å². The minimum Gasteiger partial charge on any atom is -0.496 e. The smallest absolute Gasteiger partial charge is 0.122 e. The predicted octanol–water partition coefficient (Wildman–Crippen LogP) is 4.90. The SMILES string of the molecule is CCc1cc2c(cc1OC)CCN(C)C2CCc1c[nH]c2ccccc12. The van der Waals surface area contributed by atoms with E-state index < -0.39 is 0 Å². The molecule has 4 rings (SSSR count). The summed E-state index contributed by atoms with van der Waals surface area (Å²) in [5, 5.41) is 1.36. The molecule has 0 bridgehead atoms. The van der Waals surface area contributed by atoms with Crippen LogP contribution >= 0.6 is 0 Å². The van der Waals surface area contributed by atoms with Crippen molar-refractivity contribution in [2.45, 2.75) is 38.6 Å². The first-order chi connectivity index (χ1) is 12.7. The second-order valence-electron chi connectivity index (χ2n) is 7.36. The van der Waals surface area contributed by atoms with Gasteiger partial charge in [-0.3, -0.25) is 4.90 Å². The summed E-state index contributed by atoms with van der Waals surface area (Å²) in [7, 11) is 4.04. The summed E-state index contributed by atoms with van der Waals surface area (Å²) in [6.07, 6.45) is 6.53. The van der Waals surface area contributed by atoms with Gasteiger partial charge in [0.05, 0.1) is 7.11 Å². The normalized spacial score (nSPS) is 17.4. The zero-order chi connectivity index (χ0) is 18.1. The third kappa shape index (κ3) is 3.01. The van der Waals surface area contributed by atoms with Crippen LogP contribution in [0.5, 0.6) is 5.75 Å². The van der Waals surface area contributed by atoms with E-state index in [1.165, 1.54) is 33.2 Å². The molecule has 1 aromatic heterocycles. The number of aromatic amines is 1. The minimum absolute atomic E-state index is 0.476. The molecule has 136 valence electrons. The summed E-state index contributed by atoms with van der Waals surface area (Å²) in [5.41, 5.74) is 6.93. The lowest BCUT2D eigenvalue weighted by atomic mass is 9.87. The molecule has 0 fully saturated rings. The van der Waals surface area contributed by atoms with Crippen molar-refractivity contribution < 1.29 is 4.74 Å². The Kier molecular flexibility index (Phi) is 4.73. The number of hydrogen-bond acceptors (Lipinski definition) is 2. The fraction of sp³-hybridized carbons (Fsp3) is 0.391. The maximum Gasteiger partial charge on any atom is 0.122 e. The molecule has 3 nitrogen and oxygen atoms in total. The lowest BCUT2D eigenvalue weighted by molar-refractivity contribution is 0.219. The van der Waals surface area contributed by atoms with Gasteiger partial charge in [-0.05, 0) is 67.1 Å². The van der Waals surface area contributed by atoms with Crippen molar-refractivity contribution in [3.05, 3.63) is 64.8 Å². The number of rotatable bonds is 5. The first-order valence-corrected chi connectivity index (χ1v) is 9.66. The van der Waals surface area contributed by atoms with Crippen molar-refractivity contribution >= 4 is 10.9 Å². The van der Waals surface area contributed by atoms with Gasteiger partial charge in [-0.15, -0.1) is 0 Å². The number of benzene rings is 2. The van der Waals surface area contributed by atoms with E-state index in [1.54, 1.807) is 7.11 Å². The zero-order valence-electron chi connectivity index (χ0n) is 16.0. The molecule has 2 aromatic carbocycles. The van der Waals surface area contributed by atoms with Crippen LogP contribution in [-0.4, -0.2) is 30.6 Å². The number of likely N-dealkylation sites (N-methyl/N-ethyl adjacent to an activating group) is 1. The maximum absolute atomic E-state index is 5.61. The van der Waals surface area contributed by atoms with Crippen molar-refractivity contribution in [2.24, 2.45) is 0 Å². The Morgan fingerprint density at radius 3 is 2.85 bits per heavy atom. The Balaban J connectivity index is 1.62. The van der Waals surface area contributed by atoms with Crippen LogP contribution in [-0.2, 0) is 19.3 Å². The van der Waals surface area contributed by atoms with Crippen molar-refractivity contribution in [3.63, 3.8) is 0 Å². The van der Waals surface area contributed by atoms with E-state index in [0.29, 0.717) is 6.04 Å². The number of para-hydroxylation sites is 1. The molecule has 1 atom stereocenters. The van der Waals surface area contributed by atoms with E-state index in [4.69, 9.17) is 4.74 Å². The van der Waals surface area contributed by atoms with Crippen LogP contribution in [0.1, 0.15) is 41.6 Å². The van der Waals surface area contributed by atoms with Crippen molar-refractivity contribution in [1.29, 1.82) is 0 Å². The van der Waals surface area contributed by atoms with Crippen LogP contribution in [0.3, 0.4) is 0 Å². The topological polar surface area (TPSA) is 28.3 Å². The van der Waals surface area contributed by atoms with Crippen molar-refractivity contribution in [3.8, 4) is 5.75 Å². The van der Waals surface area contributed by atoms with E-state index in [1.807, 2.05) is 0 Å². The number of hydrogen-bond donors (Lipinski definition) is 1. The summed E-state index contributed by atoms with van der Waals surface area (Å²) < 4.78 is 5.61. The number of fused-ring (bicyclic) bond motifs is 2. The molecule has 0 saturated carbocycles. The number of aromatic nitrogens is 1. The van der Waals surface area contributed by atoms with E-state index in [2.05, 4.69) is 66.5 Å². The molecule has 1 aliphatic heterocycles. The van der Waals surface area contributed by atoms with Gasteiger partial charge in [0.15, 0.2) is 0 Å². The lowest BCUT2D eigenvalue weighted by Gasteiger charge is -2.35. The Morgan fingerprint density at radius 1 is 1.19 bits per heavy atom. The van der Waals surface area contributed by atoms with Crippen LogP contribution in [0.25, 0.3) is 10.9 Å². The van der Waals surface area contributed by atoms with Gasteiger partial charge >= 0.3 is 0 Å². The number of nitrogens with zero attached hydrogens (tertiary/aromatic N) is 1. The third-order valence-corrected chi connectivity index (χ3v) is 5.91. The number of nitrogens with one attached hydrogen (secondary N) is 1. The average Bonchev–Trinajstić information content (AvgIpc) is 3.09. The molecular weight excluding hydrogens is 320 g/mol. The molecule has 1 unspecified atom stereocenters. The van der Waals surface area contributed by atoms with Gasteiger partial charge in [-0.2, -0.15) is 0 Å². The average molecular weight is 348 g/mol. The molecule has 3 heteroatoms. The molecular formula is C23H28N2O. The summed E-state index contributed by atoms with van der Waals surface area (Å²) in [6, 6.07) is 13.7. The van der Waals surface area contributed by atoms with E-state index in [0.717, 1.165) is 38.0 Å². The van der Waals surface area contributed by atoms with Gasteiger partial charge in [0.25, 0.3) is 0 Å². The van der Waals surface area contributed by atoms with Gasteiger partial charge in [0.2, 0.25) is 0 Å². The molecule has 26 heavy (non-hydrogen) atoms. The zero-order valence-corrected chi connectivity index (χ0v) is 16.0. The lowest BCUT2D eigenvalue weighted by Crippen LogP contribution is -2.32. The number of aryl methyl sites for hydroxylation is 2. The third-order valence-electron chi connectivity index (χ3n) is 5.91. The second kappa shape index (κ2) is 7.16. The summed E-state index contributed by atoms with van der Waals surface area (Å²) in [4.78, 5) is 5.93. The molecule has 1 N–H and O–H groups in total. The summed E-state index contributed by atoms with van der Waals surface area (Å²) in [5.74, 6) is 1.05. The molecule has 2 heterocycles. The van der Waals surface area contributed by atoms with Gasteiger partial charge in [-0.25, -0.2) is 0 Å². The first kappa shape index (κ1) is 17.2. The van der Waals surface area contributed by atoms with Gasteiger partial charge < -0.3 is 9.72 Å². The van der Waals surface area contributed by atoms with E-state index in [-0.39, 0.29) is 0 Å². The fourth-order valence-electron chi connectivity index (χ4n) is 4.38. The first-order valence-electron chi connectivity index (χ1n) is 9.66. The molecule has 0 aliphatic carbocycles. The Hall–Kier alpha value is -2.26. The molecule has 0 amide bonds. The molecule has 0 radical (unpaired) electrons. The maximum atomic E-state index is 5.61. The van der Waals surface area contributed by atoms with Gasteiger partial charge in [-0.1, -0.05) is 31.2 Å². The Morgan fingerprint density at radius 2 is 2.04 bits per heavy atom. The Labute approximate surface area is 156 Å². The standard InChI is InChI=1S/C23H28N2O/c1-4-16-13-20-17(14-23(16)26-3)11-12-25(2)22(20)10-9-18-15-24-21-8-6-5-7-19(18)21/h5-8,13-15,22,24H,4,9-12H2,1-3H3. The summed E-state index contributed by atoms with van der Waals surface area (Å²) >= 11 is 0. The van der Waals surface area contributed by atoms with Crippen molar-refractivity contribution in [1.82, 2.24) is 9.88 Å². The minimum atomic E-state index is 0.476.